The van der Waals surface area contributed by atoms with E-state index in [4.69, 9.17) is 0 Å². The molecule has 2 N–H and O–H groups in total. The van der Waals surface area contributed by atoms with Crippen molar-refractivity contribution < 1.29 is 58.3 Å². The van der Waals surface area contributed by atoms with E-state index in [-0.39, 0.29) is 57.7 Å². The predicted molar refractivity (Wildman–Crippen MR) is 178 cm³/mol. The van der Waals surface area contributed by atoms with E-state index in [0.717, 1.165) is 31.2 Å². The Morgan fingerprint density at radius 2 is 1.70 bits per heavy atom. The molecule has 10 nitrogen and oxygen atoms in total. The van der Waals surface area contributed by atoms with E-state index in [1.54, 1.807) is 0 Å². The summed E-state index contributed by atoms with van der Waals surface area (Å²) in [4.78, 5) is 48.3. The lowest BCUT2D eigenvalue weighted by atomic mass is 9.86. The number of carbonyl (C=O) groups excluding carboxylic acids is 3. The van der Waals surface area contributed by atoms with Gasteiger partial charge in [-0.2, -0.15) is 27.1 Å². The summed E-state index contributed by atoms with van der Waals surface area (Å²) < 4.78 is 145. The average molecular weight is 800 g/mol. The van der Waals surface area contributed by atoms with Gasteiger partial charge in [0.2, 0.25) is 5.95 Å². The lowest BCUT2D eigenvalue weighted by molar-refractivity contribution is -0.149. The predicted octanol–water partition coefficient (Wildman–Crippen LogP) is 7.38. The zero-order chi connectivity index (χ0) is 40.7. The summed E-state index contributed by atoms with van der Waals surface area (Å²) in [6.45, 7) is 0.881. The number of halogens is 10. The second kappa shape index (κ2) is 15.2. The number of hydrogen-bond acceptors (Lipinski definition) is 7. The van der Waals surface area contributed by atoms with E-state index in [1.807, 2.05) is 0 Å². The van der Waals surface area contributed by atoms with Gasteiger partial charge in [-0.25, -0.2) is 36.7 Å². The van der Waals surface area contributed by atoms with Crippen molar-refractivity contribution in [3.05, 3.63) is 93.8 Å². The summed E-state index contributed by atoms with van der Waals surface area (Å²) in [7, 11) is 0. The van der Waals surface area contributed by atoms with E-state index < -0.39 is 102 Å². The van der Waals surface area contributed by atoms with E-state index in [9.17, 15) is 49.5 Å². The molecule has 0 radical (unpaired) electrons. The van der Waals surface area contributed by atoms with Crippen LogP contribution in [0.4, 0.5) is 54.6 Å². The number of ketones is 2. The minimum Gasteiger partial charge on any atom is -0.352 e. The number of rotatable bonds is 13. The number of carbonyl (C=O) groups is 3. The molecule has 1 aliphatic heterocycles. The SMILES string of the molecule is CC(=O)c1cc(-c2cnc(NCCN3CCNC3=O)nc2[C@@H](CC(=O)Cn2nc(C(F)(F)F)c3c2C(F)(F)CCC3(F)F)Cc2cc(F)cc(F)c2)ccc1F. The first-order chi connectivity index (χ1) is 26.2. The molecule has 0 spiro atoms. The largest absolute Gasteiger partial charge is 0.435 e. The molecule has 20 heteroatoms. The van der Waals surface area contributed by atoms with Crippen LogP contribution >= 0.6 is 0 Å². The molecule has 298 valence electrons. The second-order valence-electron chi connectivity index (χ2n) is 13.4. The van der Waals surface area contributed by atoms with Crippen LogP contribution in [0.15, 0.2) is 42.6 Å². The van der Waals surface area contributed by atoms with Gasteiger partial charge in [-0.05, 0) is 48.7 Å². The summed E-state index contributed by atoms with van der Waals surface area (Å²) in [5.41, 5.74) is -6.34. The van der Waals surface area contributed by atoms with Crippen molar-refractivity contribution in [2.24, 2.45) is 0 Å². The van der Waals surface area contributed by atoms with Crippen LogP contribution in [-0.2, 0) is 35.8 Å². The van der Waals surface area contributed by atoms with E-state index in [1.165, 1.54) is 17.2 Å². The van der Waals surface area contributed by atoms with Crippen molar-refractivity contribution in [3.8, 4) is 11.1 Å². The van der Waals surface area contributed by atoms with Gasteiger partial charge >= 0.3 is 12.2 Å². The number of anilines is 1. The number of nitrogens with zero attached hydrogens (tertiary/aromatic N) is 5. The molecule has 1 saturated heterocycles. The normalized spacial score (nSPS) is 16.7. The molecule has 3 heterocycles. The van der Waals surface area contributed by atoms with Crippen LogP contribution in [0.1, 0.15) is 70.7 Å². The second-order valence-corrected chi connectivity index (χ2v) is 13.4. The Balaban J connectivity index is 1.43. The summed E-state index contributed by atoms with van der Waals surface area (Å²) in [6, 6.07) is 5.49. The van der Waals surface area contributed by atoms with Gasteiger partial charge in [-0.1, -0.05) is 6.07 Å². The highest BCUT2D eigenvalue weighted by Crippen LogP contribution is 2.53. The van der Waals surface area contributed by atoms with Gasteiger partial charge < -0.3 is 15.5 Å². The summed E-state index contributed by atoms with van der Waals surface area (Å²) in [6.07, 6.45) is -8.71. The van der Waals surface area contributed by atoms with Gasteiger partial charge in [0.1, 0.15) is 29.7 Å². The molecule has 56 heavy (non-hydrogen) atoms. The number of benzene rings is 2. The zero-order valence-electron chi connectivity index (χ0n) is 29.2. The first-order valence-corrected chi connectivity index (χ1v) is 17.1. The van der Waals surface area contributed by atoms with Crippen LogP contribution in [0.25, 0.3) is 11.1 Å². The molecule has 0 saturated carbocycles. The topological polar surface area (TPSA) is 122 Å². The third kappa shape index (κ3) is 8.47. The maximum atomic E-state index is 15.1. The Bertz CT molecular complexity index is 2170. The zero-order valence-corrected chi connectivity index (χ0v) is 29.2. The van der Waals surface area contributed by atoms with Crippen LogP contribution in [-0.4, -0.2) is 68.4 Å². The molecular formula is C36H31F10N7O3. The van der Waals surface area contributed by atoms with E-state index in [0.29, 0.717) is 19.2 Å². The van der Waals surface area contributed by atoms with Crippen molar-refractivity contribution >= 4 is 23.5 Å². The lowest BCUT2D eigenvalue weighted by Crippen LogP contribution is -2.34. The maximum absolute atomic E-state index is 15.1. The molecule has 2 aromatic carbocycles. The molecule has 6 rings (SSSR count). The monoisotopic (exact) mass is 799 g/mol. The highest BCUT2D eigenvalue weighted by Gasteiger charge is 2.57. The highest BCUT2D eigenvalue weighted by atomic mass is 19.4. The number of nitrogens with one attached hydrogen (secondary N) is 2. The van der Waals surface area contributed by atoms with Crippen molar-refractivity contribution in [1.82, 2.24) is 30.0 Å². The molecule has 1 atom stereocenters. The van der Waals surface area contributed by atoms with Gasteiger partial charge in [-0.3, -0.25) is 14.3 Å². The Morgan fingerprint density at radius 1 is 1.00 bits per heavy atom. The van der Waals surface area contributed by atoms with Crippen LogP contribution in [0.3, 0.4) is 0 Å². The number of hydrogen-bond donors (Lipinski definition) is 2. The molecule has 1 aliphatic carbocycles. The average Bonchev–Trinajstić information content (AvgIpc) is 3.71. The van der Waals surface area contributed by atoms with Crippen LogP contribution in [0.2, 0.25) is 0 Å². The van der Waals surface area contributed by atoms with E-state index >= 15 is 8.78 Å². The van der Waals surface area contributed by atoms with Crippen LogP contribution in [0, 0.1) is 17.5 Å². The van der Waals surface area contributed by atoms with Crippen molar-refractivity contribution in [2.75, 3.05) is 31.5 Å². The van der Waals surface area contributed by atoms with Gasteiger partial charge in [0.15, 0.2) is 17.3 Å². The summed E-state index contributed by atoms with van der Waals surface area (Å²) in [5, 5.41) is 8.59. The fourth-order valence-electron chi connectivity index (χ4n) is 6.84. The van der Waals surface area contributed by atoms with Crippen molar-refractivity contribution in [3.63, 3.8) is 0 Å². The molecule has 4 aromatic rings. The number of Topliss-reactive ketones (excluding diaryl/α,β-unsaturated/α-hetero) is 2. The van der Waals surface area contributed by atoms with E-state index in [2.05, 4.69) is 25.7 Å². The molecular weight excluding hydrogens is 768 g/mol. The third-order valence-corrected chi connectivity index (χ3v) is 9.36. The Labute approximate surface area is 311 Å². The van der Waals surface area contributed by atoms with Gasteiger partial charge in [0.05, 0.1) is 16.8 Å². The van der Waals surface area contributed by atoms with Crippen molar-refractivity contribution in [2.45, 2.75) is 63.1 Å². The quantitative estimate of drug-likeness (QED) is 0.107. The minimum atomic E-state index is -5.59. The number of fused-ring (bicyclic) bond motifs is 1. The Morgan fingerprint density at radius 3 is 2.34 bits per heavy atom. The molecule has 0 unspecified atom stereocenters. The fourth-order valence-corrected chi connectivity index (χ4v) is 6.84. The first kappa shape index (κ1) is 40.1. The number of amides is 2. The summed E-state index contributed by atoms with van der Waals surface area (Å²) >= 11 is 0. The summed E-state index contributed by atoms with van der Waals surface area (Å²) in [5.74, 6) is -14.7. The first-order valence-electron chi connectivity index (χ1n) is 17.1. The molecule has 2 aromatic heterocycles. The Kier molecular flexibility index (Phi) is 10.9. The minimum absolute atomic E-state index is 0.0510. The van der Waals surface area contributed by atoms with Crippen LogP contribution in [0.5, 0.6) is 0 Å². The fraction of sp³-hybridized carbons (Fsp3) is 0.389. The van der Waals surface area contributed by atoms with Gasteiger partial charge in [0, 0.05) is 69.2 Å². The number of aromatic nitrogens is 4. The van der Waals surface area contributed by atoms with Gasteiger partial charge in [0.25, 0.3) is 11.8 Å². The Hall–Kier alpha value is -5.56. The molecule has 0 bridgehead atoms. The molecule has 2 amide bonds. The van der Waals surface area contributed by atoms with Crippen LogP contribution < -0.4 is 10.6 Å². The highest BCUT2D eigenvalue weighted by molar-refractivity contribution is 5.95. The van der Waals surface area contributed by atoms with Gasteiger partial charge in [-0.15, -0.1) is 0 Å². The third-order valence-electron chi connectivity index (χ3n) is 9.36. The standard InChI is InChI=1S/C36H31F10N7O3/c1-18(54)25-14-20(2-3-27(25)39)26-16-49-32(47-6-8-52-9-7-48-33(52)56)50-29(26)21(10-19-11-22(37)15-23(38)12-19)13-24(55)17-53-31-28(30(51-53)36(44,45)46)34(40,41)4-5-35(31,42)43/h2-3,11-12,14-16,21H,4-10,13,17H2,1H3,(H,48,56)(H,47,49,50)/t21-/m1/s1. The molecule has 2 aliphatic rings. The maximum Gasteiger partial charge on any atom is 0.435 e. The smallest absolute Gasteiger partial charge is 0.352 e. The van der Waals surface area contributed by atoms with Crippen molar-refractivity contribution in [1.29, 1.82) is 0 Å². The molecule has 1 fully saturated rings. The number of alkyl halides is 7. The number of urea groups is 1. The lowest BCUT2D eigenvalue weighted by Gasteiger charge is -2.30.